The number of nitrogens with zero attached hydrogens (tertiary/aromatic N) is 1. The number of hydrogen-bond donors (Lipinski definition) is 2. The van der Waals surface area contributed by atoms with Gasteiger partial charge in [0.1, 0.15) is 5.75 Å². The van der Waals surface area contributed by atoms with Crippen molar-refractivity contribution >= 4 is 5.69 Å². The summed E-state index contributed by atoms with van der Waals surface area (Å²) in [7, 11) is 3.78. The molecule has 4 nitrogen and oxygen atoms in total. The van der Waals surface area contributed by atoms with Gasteiger partial charge in [0.2, 0.25) is 0 Å². The van der Waals surface area contributed by atoms with Gasteiger partial charge in [-0.15, -0.1) is 0 Å². The van der Waals surface area contributed by atoms with E-state index in [9.17, 15) is 5.11 Å². The molecule has 2 N–H and O–H groups in total. The second kappa shape index (κ2) is 8.90. The van der Waals surface area contributed by atoms with Gasteiger partial charge in [0, 0.05) is 19.1 Å². The third kappa shape index (κ3) is 4.90. The van der Waals surface area contributed by atoms with Crippen molar-refractivity contribution in [2.45, 2.75) is 38.6 Å². The van der Waals surface area contributed by atoms with Crippen molar-refractivity contribution in [1.82, 2.24) is 5.32 Å². The lowest BCUT2D eigenvalue weighted by Crippen LogP contribution is -2.48. The molecular formula is C17H30N2O2. The molecule has 0 saturated carbocycles. The topological polar surface area (TPSA) is 44.7 Å². The molecule has 0 fully saturated rings. The molecule has 120 valence electrons. The van der Waals surface area contributed by atoms with E-state index in [0.29, 0.717) is 0 Å². The van der Waals surface area contributed by atoms with Gasteiger partial charge in [0.25, 0.3) is 0 Å². The van der Waals surface area contributed by atoms with Crippen LogP contribution in [0.3, 0.4) is 0 Å². The van der Waals surface area contributed by atoms with E-state index in [2.05, 4.69) is 37.2 Å². The summed E-state index contributed by atoms with van der Waals surface area (Å²) in [6.07, 6.45) is 2.93. The molecule has 1 atom stereocenters. The van der Waals surface area contributed by atoms with Gasteiger partial charge in [-0.3, -0.25) is 0 Å². The number of likely N-dealkylation sites (N-methyl/N-ethyl adjacent to an activating group) is 1. The first kappa shape index (κ1) is 17.8. The highest BCUT2D eigenvalue weighted by atomic mass is 16.5. The molecule has 1 unspecified atom stereocenters. The lowest BCUT2D eigenvalue weighted by molar-refractivity contribution is 0.147. The number of nitrogens with one attached hydrogen (secondary N) is 1. The Bertz CT molecular complexity index is 406. The summed E-state index contributed by atoms with van der Waals surface area (Å²) in [6, 6.07) is 8.06. The van der Waals surface area contributed by atoms with Gasteiger partial charge >= 0.3 is 0 Å². The smallest absolute Gasteiger partial charge is 0.142 e. The fourth-order valence-electron chi connectivity index (χ4n) is 2.73. The molecular weight excluding hydrogens is 264 g/mol. The highest BCUT2D eigenvalue weighted by Crippen LogP contribution is 2.27. The Kier molecular flexibility index (Phi) is 7.54. The van der Waals surface area contributed by atoms with Crippen LogP contribution >= 0.6 is 0 Å². The molecule has 0 radical (unpaired) electrons. The second-order valence-corrected chi connectivity index (χ2v) is 5.52. The molecule has 0 aliphatic rings. The summed E-state index contributed by atoms with van der Waals surface area (Å²) in [5.74, 6) is 0.899. The van der Waals surface area contributed by atoms with Gasteiger partial charge in [-0.1, -0.05) is 26.0 Å². The predicted molar refractivity (Wildman–Crippen MR) is 89.3 cm³/mol. The summed E-state index contributed by atoms with van der Waals surface area (Å²) in [5.41, 5.74) is 0.964. The first-order chi connectivity index (χ1) is 10.1. The highest BCUT2D eigenvalue weighted by Gasteiger charge is 2.25. The molecule has 0 spiro atoms. The molecule has 0 aromatic heterocycles. The lowest BCUT2D eigenvalue weighted by atomic mass is 9.91. The standard InChI is InChI=1S/C17H30N2O2/c1-5-17(14-20,18-6-2)12-9-13-19(3)15-10-7-8-11-16(15)21-4/h7-8,10-11,18,20H,5-6,9,12-14H2,1-4H3. The Balaban J connectivity index is 2.58. The molecule has 0 aliphatic heterocycles. The summed E-state index contributed by atoms with van der Waals surface area (Å²) >= 11 is 0. The molecule has 21 heavy (non-hydrogen) atoms. The molecule has 1 aromatic carbocycles. The predicted octanol–water partition coefficient (Wildman–Crippen LogP) is 2.66. The van der Waals surface area contributed by atoms with Crippen molar-refractivity contribution in [2.75, 3.05) is 38.8 Å². The second-order valence-electron chi connectivity index (χ2n) is 5.52. The zero-order valence-electron chi connectivity index (χ0n) is 13.9. The Morgan fingerprint density at radius 2 is 2.00 bits per heavy atom. The zero-order valence-corrected chi connectivity index (χ0v) is 13.9. The fourth-order valence-corrected chi connectivity index (χ4v) is 2.73. The third-order valence-corrected chi connectivity index (χ3v) is 4.18. The van der Waals surface area contributed by atoms with Crippen LogP contribution in [-0.2, 0) is 0 Å². The van der Waals surface area contributed by atoms with Crippen molar-refractivity contribution in [1.29, 1.82) is 0 Å². The van der Waals surface area contributed by atoms with Crippen molar-refractivity contribution in [3.05, 3.63) is 24.3 Å². The highest BCUT2D eigenvalue weighted by molar-refractivity contribution is 5.57. The maximum atomic E-state index is 9.68. The molecule has 0 aliphatic carbocycles. The number of aliphatic hydroxyl groups excluding tert-OH is 1. The lowest BCUT2D eigenvalue weighted by Gasteiger charge is -2.33. The van der Waals surface area contributed by atoms with E-state index in [0.717, 1.165) is 43.8 Å². The minimum absolute atomic E-state index is 0.142. The number of anilines is 1. The average molecular weight is 294 g/mol. The number of ether oxygens (including phenoxy) is 1. The average Bonchev–Trinajstić information content (AvgIpc) is 2.53. The van der Waals surface area contributed by atoms with E-state index in [1.807, 2.05) is 18.2 Å². The molecule has 0 bridgehead atoms. The number of hydrogen-bond acceptors (Lipinski definition) is 4. The maximum Gasteiger partial charge on any atom is 0.142 e. The van der Waals surface area contributed by atoms with Crippen LogP contribution in [0, 0.1) is 0 Å². The van der Waals surface area contributed by atoms with Crippen molar-refractivity contribution in [3.8, 4) is 5.75 Å². The molecule has 0 amide bonds. The van der Waals surface area contributed by atoms with E-state index < -0.39 is 0 Å². The number of rotatable bonds is 10. The van der Waals surface area contributed by atoms with Crippen LogP contribution in [0.25, 0.3) is 0 Å². The number of benzene rings is 1. The summed E-state index contributed by atoms with van der Waals surface area (Å²) in [5, 5.41) is 13.1. The van der Waals surface area contributed by atoms with Crippen LogP contribution in [0.4, 0.5) is 5.69 Å². The van der Waals surface area contributed by atoms with E-state index in [1.54, 1.807) is 7.11 Å². The number of aliphatic hydroxyl groups is 1. The molecule has 0 heterocycles. The Labute approximate surface area is 129 Å². The van der Waals surface area contributed by atoms with Crippen LogP contribution in [0.5, 0.6) is 5.75 Å². The Hall–Kier alpha value is -1.26. The van der Waals surface area contributed by atoms with Crippen LogP contribution in [0.2, 0.25) is 0 Å². The van der Waals surface area contributed by atoms with Gasteiger partial charge in [0.15, 0.2) is 0 Å². The van der Waals surface area contributed by atoms with Crippen LogP contribution in [-0.4, -0.2) is 44.5 Å². The molecule has 0 saturated heterocycles. The Morgan fingerprint density at radius 3 is 2.57 bits per heavy atom. The normalized spacial score (nSPS) is 13.8. The monoisotopic (exact) mass is 294 g/mol. The van der Waals surface area contributed by atoms with Crippen molar-refractivity contribution in [3.63, 3.8) is 0 Å². The van der Waals surface area contributed by atoms with Crippen LogP contribution in [0.1, 0.15) is 33.1 Å². The van der Waals surface area contributed by atoms with E-state index in [1.165, 1.54) is 0 Å². The number of methoxy groups -OCH3 is 1. The van der Waals surface area contributed by atoms with Gasteiger partial charge in [-0.25, -0.2) is 0 Å². The summed E-state index contributed by atoms with van der Waals surface area (Å²) in [6.45, 7) is 6.23. The molecule has 4 heteroatoms. The minimum atomic E-state index is -0.142. The first-order valence-electron chi connectivity index (χ1n) is 7.82. The van der Waals surface area contributed by atoms with Crippen LogP contribution < -0.4 is 15.0 Å². The maximum absolute atomic E-state index is 9.68. The van der Waals surface area contributed by atoms with Gasteiger partial charge in [-0.2, -0.15) is 0 Å². The summed E-state index contributed by atoms with van der Waals surface area (Å²) in [4.78, 5) is 2.21. The summed E-state index contributed by atoms with van der Waals surface area (Å²) < 4.78 is 5.40. The quantitative estimate of drug-likeness (QED) is 0.696. The number of para-hydroxylation sites is 2. The first-order valence-corrected chi connectivity index (χ1v) is 7.82. The van der Waals surface area contributed by atoms with Gasteiger partial charge < -0.3 is 20.1 Å². The SMILES string of the molecule is CCNC(CC)(CO)CCCN(C)c1ccccc1OC. The molecule has 1 aromatic rings. The largest absolute Gasteiger partial charge is 0.495 e. The van der Waals surface area contributed by atoms with E-state index in [4.69, 9.17) is 4.74 Å². The fraction of sp³-hybridized carbons (Fsp3) is 0.647. The van der Waals surface area contributed by atoms with Crippen molar-refractivity contribution < 1.29 is 9.84 Å². The zero-order chi connectivity index (χ0) is 15.7. The van der Waals surface area contributed by atoms with E-state index >= 15 is 0 Å². The third-order valence-electron chi connectivity index (χ3n) is 4.18. The molecule has 1 rings (SSSR count). The van der Waals surface area contributed by atoms with Gasteiger partial charge in [-0.05, 0) is 37.9 Å². The van der Waals surface area contributed by atoms with Gasteiger partial charge in [0.05, 0.1) is 19.4 Å². The Morgan fingerprint density at radius 1 is 1.29 bits per heavy atom. The van der Waals surface area contributed by atoms with E-state index in [-0.39, 0.29) is 12.1 Å². The minimum Gasteiger partial charge on any atom is -0.495 e. The van der Waals surface area contributed by atoms with Crippen LogP contribution in [0.15, 0.2) is 24.3 Å². The van der Waals surface area contributed by atoms with Crippen molar-refractivity contribution in [2.24, 2.45) is 0 Å².